The summed E-state index contributed by atoms with van der Waals surface area (Å²) in [4.78, 5) is 12.9. The number of halogens is 2. The van der Waals surface area contributed by atoms with Gasteiger partial charge in [0.15, 0.2) is 0 Å². The zero-order valence-electron chi connectivity index (χ0n) is 15.4. The molecule has 1 fully saturated rings. The second kappa shape index (κ2) is 8.64. The lowest BCUT2D eigenvalue weighted by Crippen LogP contribution is -2.49. The van der Waals surface area contributed by atoms with Crippen molar-refractivity contribution in [2.75, 3.05) is 11.9 Å². The van der Waals surface area contributed by atoms with E-state index >= 15 is 0 Å². The molecule has 1 atom stereocenters. The van der Waals surface area contributed by atoms with Gasteiger partial charge < -0.3 is 4.42 Å². The van der Waals surface area contributed by atoms with Crippen molar-refractivity contribution >= 4 is 56.5 Å². The fourth-order valence-electron chi connectivity index (χ4n) is 3.21. The van der Waals surface area contributed by atoms with E-state index < -0.39 is 22.0 Å². The molecule has 0 spiro atoms. The van der Waals surface area contributed by atoms with Crippen LogP contribution in [-0.4, -0.2) is 41.4 Å². The number of hydrogen-bond acceptors (Lipinski definition) is 7. The fraction of sp³-hybridized carbons (Fsp3) is 0.278. The Morgan fingerprint density at radius 3 is 2.83 bits per heavy atom. The van der Waals surface area contributed by atoms with Crippen molar-refractivity contribution in [2.45, 2.75) is 29.5 Å². The van der Waals surface area contributed by atoms with Gasteiger partial charge in [0.2, 0.25) is 5.91 Å². The van der Waals surface area contributed by atoms with E-state index in [1.165, 1.54) is 10.4 Å². The van der Waals surface area contributed by atoms with Crippen molar-refractivity contribution in [2.24, 2.45) is 0 Å². The number of rotatable bonds is 5. The van der Waals surface area contributed by atoms with Crippen LogP contribution in [0.5, 0.6) is 0 Å². The molecule has 1 N–H and O–H groups in total. The lowest BCUT2D eigenvalue weighted by Gasteiger charge is -2.32. The van der Waals surface area contributed by atoms with Gasteiger partial charge in [0.25, 0.3) is 15.9 Å². The Morgan fingerprint density at radius 2 is 2.07 bits per heavy atom. The number of nitrogens with zero attached hydrogens (tertiary/aromatic N) is 3. The third kappa shape index (κ3) is 4.23. The quantitative estimate of drug-likeness (QED) is 0.576. The number of nitrogens with one attached hydrogen (secondary N) is 1. The predicted molar refractivity (Wildman–Crippen MR) is 114 cm³/mol. The molecule has 1 unspecified atom stereocenters. The van der Waals surface area contributed by atoms with E-state index in [0.717, 1.165) is 17.8 Å². The second-order valence-corrected chi connectivity index (χ2v) is 10.5. The molecule has 1 amide bonds. The Labute approximate surface area is 186 Å². The monoisotopic (exact) mass is 486 g/mol. The Bertz CT molecular complexity index is 1160. The smallest absolute Gasteiger partial charge is 0.322 e. The van der Waals surface area contributed by atoms with Gasteiger partial charge >= 0.3 is 6.01 Å². The molecule has 158 valence electrons. The number of carbonyl (C=O) groups is 1. The molecular formula is C18H16Cl2N4O4S2. The molecule has 2 aromatic heterocycles. The third-order valence-corrected chi connectivity index (χ3v) is 8.47. The van der Waals surface area contributed by atoms with Gasteiger partial charge in [-0.1, -0.05) is 40.8 Å². The normalized spacial score (nSPS) is 17.7. The molecule has 3 aromatic rings. The number of sulfonamides is 1. The van der Waals surface area contributed by atoms with Crippen LogP contribution >= 0.6 is 34.5 Å². The zero-order chi connectivity index (χ0) is 21.3. The number of anilines is 1. The Hall–Kier alpha value is -1.98. The largest absolute Gasteiger partial charge is 0.403 e. The minimum atomic E-state index is -3.76. The summed E-state index contributed by atoms with van der Waals surface area (Å²) in [5.74, 6) is -0.438. The number of amides is 1. The van der Waals surface area contributed by atoms with Crippen LogP contribution in [-0.2, 0) is 14.8 Å². The van der Waals surface area contributed by atoms with Crippen molar-refractivity contribution in [3.05, 3.63) is 45.8 Å². The Morgan fingerprint density at radius 1 is 1.23 bits per heavy atom. The molecule has 1 saturated heterocycles. The highest BCUT2D eigenvalue weighted by atomic mass is 35.5. The summed E-state index contributed by atoms with van der Waals surface area (Å²) in [6, 6.07) is 6.97. The summed E-state index contributed by atoms with van der Waals surface area (Å²) in [7, 11) is -3.76. The average Bonchev–Trinajstić information content (AvgIpc) is 3.42. The van der Waals surface area contributed by atoms with Crippen LogP contribution in [0.2, 0.25) is 10.0 Å². The van der Waals surface area contributed by atoms with Crippen LogP contribution in [0.1, 0.15) is 19.3 Å². The molecule has 0 aliphatic carbocycles. The topological polar surface area (TPSA) is 105 Å². The standard InChI is InChI=1S/C18H16Cl2N4O4S2/c19-11-6-7-13(20)12(10-11)17-22-23-18(28-17)21-16(25)14-4-1-2-8-24(14)30(26,27)15-5-3-9-29-15/h3,5-7,9-10,14H,1-2,4,8H2,(H,21,23,25). The molecule has 12 heteroatoms. The lowest BCUT2D eigenvalue weighted by atomic mass is 10.0. The fourth-order valence-corrected chi connectivity index (χ4v) is 6.36. The van der Waals surface area contributed by atoms with Crippen molar-refractivity contribution in [3.8, 4) is 11.5 Å². The maximum absolute atomic E-state index is 13.0. The summed E-state index contributed by atoms with van der Waals surface area (Å²) < 4.78 is 32.8. The van der Waals surface area contributed by atoms with E-state index in [9.17, 15) is 13.2 Å². The summed E-state index contributed by atoms with van der Waals surface area (Å²) in [6.07, 6.45) is 1.83. The third-order valence-electron chi connectivity index (χ3n) is 4.63. The molecule has 4 rings (SSSR count). The Balaban J connectivity index is 1.54. The molecule has 1 aliphatic heterocycles. The van der Waals surface area contributed by atoms with Crippen molar-refractivity contribution in [1.29, 1.82) is 0 Å². The predicted octanol–water partition coefficient (Wildman–Crippen LogP) is 4.29. The molecule has 1 aromatic carbocycles. The molecule has 30 heavy (non-hydrogen) atoms. The summed E-state index contributed by atoms with van der Waals surface area (Å²) in [6.45, 7) is 0.269. The van der Waals surface area contributed by atoms with E-state index in [2.05, 4.69) is 15.5 Å². The number of hydrogen-bond donors (Lipinski definition) is 1. The van der Waals surface area contributed by atoms with Crippen LogP contribution in [0, 0.1) is 0 Å². The number of aromatic nitrogens is 2. The van der Waals surface area contributed by atoms with Gasteiger partial charge in [-0.25, -0.2) is 8.42 Å². The van der Waals surface area contributed by atoms with Gasteiger partial charge in [0.1, 0.15) is 10.3 Å². The minimum Gasteiger partial charge on any atom is -0.403 e. The summed E-state index contributed by atoms with van der Waals surface area (Å²) >= 11 is 13.2. The van der Waals surface area contributed by atoms with Gasteiger partial charge in [-0.15, -0.1) is 16.4 Å². The number of benzene rings is 1. The van der Waals surface area contributed by atoms with Crippen LogP contribution in [0.25, 0.3) is 11.5 Å². The van der Waals surface area contributed by atoms with Gasteiger partial charge in [-0.2, -0.15) is 4.31 Å². The SMILES string of the molecule is O=C(Nc1nnc(-c2cc(Cl)ccc2Cl)o1)C1CCCCN1S(=O)(=O)c1cccs1. The molecule has 0 radical (unpaired) electrons. The van der Waals surface area contributed by atoms with Crippen LogP contribution in [0.3, 0.4) is 0 Å². The zero-order valence-corrected chi connectivity index (χ0v) is 18.6. The van der Waals surface area contributed by atoms with Gasteiger partial charge in [0.05, 0.1) is 10.6 Å². The highest BCUT2D eigenvalue weighted by Crippen LogP contribution is 2.31. The maximum atomic E-state index is 13.0. The first-order valence-corrected chi connectivity index (χ1v) is 12.1. The summed E-state index contributed by atoms with van der Waals surface area (Å²) in [5.41, 5.74) is 0.428. The van der Waals surface area contributed by atoms with Crippen molar-refractivity contribution in [3.63, 3.8) is 0 Å². The molecule has 1 aliphatic rings. The summed E-state index contributed by atoms with van der Waals surface area (Å²) in [5, 5.41) is 12.7. The van der Waals surface area contributed by atoms with E-state index in [4.69, 9.17) is 27.6 Å². The maximum Gasteiger partial charge on any atom is 0.322 e. The lowest BCUT2D eigenvalue weighted by molar-refractivity contribution is -0.120. The van der Waals surface area contributed by atoms with E-state index in [1.807, 2.05) is 0 Å². The van der Waals surface area contributed by atoms with Crippen molar-refractivity contribution < 1.29 is 17.6 Å². The van der Waals surface area contributed by atoms with Crippen molar-refractivity contribution in [1.82, 2.24) is 14.5 Å². The van der Waals surface area contributed by atoms with Crippen LogP contribution in [0.4, 0.5) is 6.01 Å². The number of carbonyl (C=O) groups excluding carboxylic acids is 1. The van der Waals surface area contributed by atoms with Gasteiger partial charge in [0, 0.05) is 11.6 Å². The highest BCUT2D eigenvalue weighted by molar-refractivity contribution is 7.91. The van der Waals surface area contributed by atoms with E-state index in [0.29, 0.717) is 28.5 Å². The van der Waals surface area contributed by atoms with Crippen LogP contribution < -0.4 is 5.32 Å². The highest BCUT2D eigenvalue weighted by Gasteiger charge is 2.38. The van der Waals surface area contributed by atoms with Crippen LogP contribution in [0.15, 0.2) is 44.3 Å². The first-order valence-electron chi connectivity index (χ1n) is 9.01. The second-order valence-electron chi connectivity index (χ2n) is 6.59. The molecular weight excluding hydrogens is 471 g/mol. The molecule has 0 bridgehead atoms. The number of thiophene rings is 1. The molecule has 8 nitrogen and oxygen atoms in total. The Kier molecular flexibility index (Phi) is 6.12. The van der Waals surface area contributed by atoms with E-state index in [-0.39, 0.29) is 22.7 Å². The van der Waals surface area contributed by atoms with Gasteiger partial charge in [-0.3, -0.25) is 10.1 Å². The molecule has 3 heterocycles. The minimum absolute atomic E-state index is 0.0875. The molecule has 0 saturated carbocycles. The number of piperidine rings is 1. The first-order chi connectivity index (χ1) is 14.4. The van der Waals surface area contributed by atoms with E-state index in [1.54, 1.807) is 29.6 Å². The first kappa shape index (κ1) is 21.3. The van der Waals surface area contributed by atoms with Gasteiger partial charge in [-0.05, 0) is 42.5 Å². The average molecular weight is 487 g/mol.